The van der Waals surface area contributed by atoms with Gasteiger partial charge in [-0.2, -0.15) is 0 Å². The second kappa shape index (κ2) is 19.9. The molecule has 2 aliphatic heterocycles. The van der Waals surface area contributed by atoms with Crippen molar-refractivity contribution in [3.8, 4) is 21.9 Å². The summed E-state index contributed by atoms with van der Waals surface area (Å²) in [5, 5.41) is 40.4. The normalized spacial score (nSPS) is 14.7. The van der Waals surface area contributed by atoms with Crippen LogP contribution in [0.1, 0.15) is 64.2 Å². The predicted octanol–water partition coefficient (Wildman–Crippen LogP) is 7.18. The topological polar surface area (TPSA) is 163 Å². The van der Waals surface area contributed by atoms with Crippen molar-refractivity contribution in [1.82, 2.24) is 25.2 Å². The van der Waals surface area contributed by atoms with Gasteiger partial charge in [0.2, 0.25) is 0 Å². The SMILES string of the molecule is CC.CC.O=C1COc2c(C(O)CNCc3ccc4c(c3)nnn4CCCN3CCC(OC(=O)Nc4ccsc4-c4ccccc4)CC3)ccc(O)c2N1. The summed E-state index contributed by atoms with van der Waals surface area (Å²) >= 11 is 1.59. The van der Waals surface area contributed by atoms with E-state index < -0.39 is 12.2 Å². The van der Waals surface area contributed by atoms with Gasteiger partial charge < -0.3 is 35.2 Å². The molecule has 5 aromatic rings. The Morgan fingerprint density at radius 1 is 1.06 bits per heavy atom. The van der Waals surface area contributed by atoms with E-state index in [0.717, 1.165) is 78.2 Å². The van der Waals surface area contributed by atoms with Crippen molar-refractivity contribution in [2.45, 2.75) is 72.3 Å². The number of aliphatic hydroxyl groups is 1. The Kier molecular flexibility index (Phi) is 14.8. The monoisotopic (exact) mass is 757 g/mol. The van der Waals surface area contributed by atoms with E-state index in [0.29, 0.717) is 12.1 Å². The second-order valence-electron chi connectivity index (χ2n) is 12.5. The number of hydrogen-bond donors (Lipinski definition) is 5. The van der Waals surface area contributed by atoms with E-state index in [1.54, 1.807) is 17.4 Å². The van der Waals surface area contributed by atoms with Crippen LogP contribution in [0.2, 0.25) is 0 Å². The quantitative estimate of drug-likeness (QED) is 0.0825. The molecule has 1 atom stereocenters. The number of fused-ring (bicyclic) bond motifs is 2. The molecule has 2 amide bonds. The van der Waals surface area contributed by atoms with Gasteiger partial charge in [-0.3, -0.25) is 10.1 Å². The van der Waals surface area contributed by atoms with Crippen LogP contribution in [-0.4, -0.2) is 81.0 Å². The number of nitrogens with one attached hydrogen (secondary N) is 3. The lowest BCUT2D eigenvalue weighted by molar-refractivity contribution is -0.118. The molecule has 288 valence electrons. The molecule has 0 aliphatic carbocycles. The number of piperidine rings is 1. The zero-order valence-electron chi connectivity index (χ0n) is 31.4. The first-order valence-electron chi connectivity index (χ1n) is 18.7. The fraction of sp³-hybridized carbons (Fsp3) is 0.400. The number of anilines is 2. The molecule has 14 heteroatoms. The second-order valence-corrected chi connectivity index (χ2v) is 13.4. The number of rotatable bonds is 12. The first kappa shape index (κ1) is 40.2. The van der Waals surface area contributed by atoms with Crippen LogP contribution in [-0.2, 0) is 22.6 Å². The molecule has 1 saturated heterocycles. The van der Waals surface area contributed by atoms with Crippen molar-refractivity contribution in [3.05, 3.63) is 83.2 Å². The summed E-state index contributed by atoms with van der Waals surface area (Å²) in [6, 6.07) is 21.0. The third kappa shape index (κ3) is 10.1. The third-order valence-corrected chi connectivity index (χ3v) is 9.94. The van der Waals surface area contributed by atoms with Crippen molar-refractivity contribution in [3.63, 3.8) is 0 Å². The van der Waals surface area contributed by atoms with Crippen LogP contribution >= 0.6 is 11.3 Å². The highest BCUT2D eigenvalue weighted by Crippen LogP contribution is 2.41. The highest BCUT2D eigenvalue weighted by Gasteiger charge is 2.26. The molecule has 3 aromatic carbocycles. The van der Waals surface area contributed by atoms with Crippen molar-refractivity contribution in [2.24, 2.45) is 0 Å². The first-order valence-corrected chi connectivity index (χ1v) is 19.6. The van der Waals surface area contributed by atoms with Crippen LogP contribution in [0.4, 0.5) is 16.2 Å². The lowest BCUT2D eigenvalue weighted by Crippen LogP contribution is -2.39. The fourth-order valence-electron chi connectivity index (χ4n) is 6.40. The molecule has 0 bridgehead atoms. The molecule has 0 radical (unpaired) electrons. The van der Waals surface area contributed by atoms with Crippen LogP contribution < -0.4 is 20.7 Å². The molecule has 13 nitrogen and oxygen atoms in total. The van der Waals surface area contributed by atoms with Gasteiger partial charge in [-0.15, -0.1) is 16.4 Å². The number of nitrogens with zero attached hydrogens (tertiary/aromatic N) is 4. The van der Waals surface area contributed by atoms with E-state index in [9.17, 15) is 19.8 Å². The molecule has 1 unspecified atom stereocenters. The molecule has 0 saturated carbocycles. The van der Waals surface area contributed by atoms with Crippen molar-refractivity contribution >= 4 is 45.7 Å². The van der Waals surface area contributed by atoms with Gasteiger partial charge in [0.05, 0.1) is 22.2 Å². The minimum Gasteiger partial charge on any atom is -0.506 e. The zero-order chi connectivity index (χ0) is 38.5. The average molecular weight is 758 g/mol. The molecule has 1 fully saturated rings. The Hall–Kier alpha value is -5.02. The number of phenols is 1. The van der Waals surface area contributed by atoms with Gasteiger partial charge >= 0.3 is 6.09 Å². The van der Waals surface area contributed by atoms with Gasteiger partial charge in [-0.1, -0.05) is 69.3 Å². The zero-order valence-corrected chi connectivity index (χ0v) is 32.2. The summed E-state index contributed by atoms with van der Waals surface area (Å²) in [5.41, 5.74) is 5.26. The molecule has 2 aliphatic rings. The summed E-state index contributed by atoms with van der Waals surface area (Å²) in [6.45, 7) is 12.0. The number of aromatic nitrogens is 3. The van der Waals surface area contributed by atoms with Gasteiger partial charge in [-0.05, 0) is 72.6 Å². The lowest BCUT2D eigenvalue weighted by atomic mass is 10.0. The Bertz CT molecular complexity index is 1960. The van der Waals surface area contributed by atoms with Gasteiger partial charge in [0.15, 0.2) is 12.4 Å². The van der Waals surface area contributed by atoms with Crippen molar-refractivity contribution in [1.29, 1.82) is 0 Å². The number of benzene rings is 3. The van der Waals surface area contributed by atoms with Crippen LogP contribution in [0.15, 0.2) is 72.1 Å². The third-order valence-electron chi connectivity index (χ3n) is 8.97. The number of likely N-dealkylation sites (tertiary alicyclic amines) is 1. The van der Waals surface area contributed by atoms with Gasteiger partial charge in [0.25, 0.3) is 5.91 Å². The predicted molar refractivity (Wildman–Crippen MR) is 213 cm³/mol. The molecule has 0 spiro atoms. The maximum Gasteiger partial charge on any atom is 0.411 e. The number of phenolic OH excluding ortho intramolecular Hbond substituents is 1. The number of hydrogen-bond acceptors (Lipinski definition) is 11. The number of carbonyl (C=O) groups is 2. The minimum atomic E-state index is -0.910. The Balaban J connectivity index is 0.00000136. The van der Waals surface area contributed by atoms with E-state index in [1.807, 2.05) is 92.4 Å². The number of thiophene rings is 1. The summed E-state index contributed by atoms with van der Waals surface area (Å²) in [6.07, 6.45) is 1.09. The largest absolute Gasteiger partial charge is 0.506 e. The number of aryl methyl sites for hydroxylation is 1. The van der Waals surface area contributed by atoms with Crippen molar-refractivity contribution in [2.75, 3.05) is 43.4 Å². The van der Waals surface area contributed by atoms with Gasteiger partial charge in [0.1, 0.15) is 23.1 Å². The summed E-state index contributed by atoms with van der Waals surface area (Å²) in [7, 11) is 0. The molecular formula is C40H51N7O6S. The Morgan fingerprint density at radius 3 is 2.61 bits per heavy atom. The van der Waals surface area contributed by atoms with E-state index >= 15 is 0 Å². The molecular weight excluding hydrogens is 707 g/mol. The van der Waals surface area contributed by atoms with E-state index in [2.05, 4.69) is 31.2 Å². The molecule has 5 N–H and O–H groups in total. The number of carbonyl (C=O) groups excluding carboxylic acids is 2. The fourth-order valence-corrected chi connectivity index (χ4v) is 7.26. The lowest BCUT2D eigenvalue weighted by Gasteiger charge is -2.31. The Morgan fingerprint density at radius 2 is 1.83 bits per heavy atom. The number of ether oxygens (including phenoxy) is 2. The van der Waals surface area contributed by atoms with E-state index in [-0.39, 0.29) is 42.3 Å². The minimum absolute atomic E-state index is 0.104. The van der Waals surface area contributed by atoms with Crippen LogP contribution in [0.5, 0.6) is 11.5 Å². The molecule has 54 heavy (non-hydrogen) atoms. The Labute approximate surface area is 320 Å². The summed E-state index contributed by atoms with van der Waals surface area (Å²) in [5.74, 6) is -0.189. The van der Waals surface area contributed by atoms with Crippen LogP contribution in [0.3, 0.4) is 0 Å². The van der Waals surface area contributed by atoms with E-state index in [4.69, 9.17) is 9.47 Å². The maximum absolute atomic E-state index is 12.7. The van der Waals surface area contributed by atoms with E-state index in [1.165, 1.54) is 6.07 Å². The smallest absolute Gasteiger partial charge is 0.411 e. The molecule has 2 aromatic heterocycles. The highest BCUT2D eigenvalue weighted by molar-refractivity contribution is 7.14. The number of amides is 2. The first-order chi connectivity index (χ1) is 26.4. The highest BCUT2D eigenvalue weighted by atomic mass is 32.1. The van der Waals surface area contributed by atoms with Crippen molar-refractivity contribution < 1.29 is 29.3 Å². The van der Waals surface area contributed by atoms with Gasteiger partial charge in [-0.25, -0.2) is 9.48 Å². The molecule has 4 heterocycles. The molecule has 7 rings (SSSR count). The summed E-state index contributed by atoms with van der Waals surface area (Å²) in [4.78, 5) is 27.8. The number of aliphatic hydroxyl groups excluding tert-OH is 1. The standard InChI is InChI=1S/C36H39N7O6S.2C2H6/c44-30-10-8-26(34-33(30)39-32(46)22-48-34)31(45)21-37-20-23-7-9-29-28(19-23)40-41-43(29)15-4-14-42-16-11-25(12-17-42)49-36(47)38-27-13-18-50-35(27)24-5-2-1-3-6-24;2*1-2/h1-3,5-10,13,18-19,25,31,37,44-45H,4,11-12,14-17,20-22H2,(H,38,47)(H,39,46);2*1-2H3. The average Bonchev–Trinajstić information content (AvgIpc) is 3.84. The van der Waals surface area contributed by atoms with Crippen LogP contribution in [0.25, 0.3) is 21.5 Å². The number of aromatic hydroxyl groups is 1. The van der Waals surface area contributed by atoms with Crippen LogP contribution in [0, 0.1) is 0 Å². The summed E-state index contributed by atoms with van der Waals surface area (Å²) < 4.78 is 13.2. The van der Waals surface area contributed by atoms with Gasteiger partial charge in [0, 0.05) is 38.3 Å². The maximum atomic E-state index is 12.7.